The second kappa shape index (κ2) is 8.12. The lowest BCUT2D eigenvalue weighted by atomic mass is 10.1. The zero-order valence-electron chi connectivity index (χ0n) is 14.7. The number of nitrogens with zero attached hydrogens (tertiary/aromatic N) is 2. The molecule has 0 spiro atoms. The van der Waals surface area contributed by atoms with Gasteiger partial charge in [-0.05, 0) is 24.5 Å². The first-order chi connectivity index (χ1) is 12.1. The van der Waals surface area contributed by atoms with E-state index in [9.17, 15) is 9.59 Å². The lowest BCUT2D eigenvalue weighted by molar-refractivity contribution is -0.133. The Balaban J connectivity index is 1.43. The Kier molecular flexibility index (Phi) is 5.66. The Morgan fingerprint density at radius 3 is 2.32 bits per heavy atom. The summed E-state index contributed by atoms with van der Waals surface area (Å²) >= 11 is 0. The number of piperazine rings is 1. The van der Waals surface area contributed by atoms with Gasteiger partial charge in [-0.1, -0.05) is 35.9 Å². The summed E-state index contributed by atoms with van der Waals surface area (Å²) in [5, 5.41) is 0. The summed E-state index contributed by atoms with van der Waals surface area (Å²) in [6.07, 6.45) is 3.14. The smallest absolute Gasteiger partial charge is 0.247 e. The summed E-state index contributed by atoms with van der Waals surface area (Å²) < 4.78 is 0. The Morgan fingerprint density at radius 2 is 1.68 bits per heavy atom. The molecule has 0 saturated carbocycles. The Hall–Kier alpha value is -2.40. The van der Waals surface area contributed by atoms with Crippen LogP contribution in [-0.4, -0.2) is 46.9 Å². The third kappa shape index (κ3) is 5.03. The Labute approximate surface area is 148 Å². The zero-order chi connectivity index (χ0) is 17.6. The van der Waals surface area contributed by atoms with Crippen molar-refractivity contribution in [1.82, 2.24) is 14.8 Å². The molecule has 1 saturated heterocycles. The number of carbonyl (C=O) groups excluding carboxylic acids is 1. The number of aromatic amines is 1. The van der Waals surface area contributed by atoms with Crippen molar-refractivity contribution in [2.75, 3.05) is 26.2 Å². The van der Waals surface area contributed by atoms with Crippen molar-refractivity contribution in [3.05, 3.63) is 69.6 Å². The molecule has 3 rings (SSSR count). The summed E-state index contributed by atoms with van der Waals surface area (Å²) in [5.74, 6) is 0.240. The van der Waals surface area contributed by atoms with E-state index in [-0.39, 0.29) is 11.5 Å². The van der Waals surface area contributed by atoms with Gasteiger partial charge in [-0.2, -0.15) is 0 Å². The number of pyridine rings is 1. The number of aromatic nitrogens is 1. The third-order valence-electron chi connectivity index (χ3n) is 4.73. The van der Waals surface area contributed by atoms with Crippen molar-refractivity contribution in [3.63, 3.8) is 0 Å². The van der Waals surface area contributed by atoms with Crippen LogP contribution in [0, 0.1) is 6.92 Å². The minimum absolute atomic E-state index is 0.0762. The number of amides is 1. The van der Waals surface area contributed by atoms with E-state index in [2.05, 4.69) is 41.1 Å². The topological polar surface area (TPSA) is 56.4 Å². The minimum Gasteiger partial charge on any atom is -0.340 e. The first-order valence-electron chi connectivity index (χ1n) is 8.83. The SMILES string of the molecule is Cc1ccc(CCC(=O)N2CCN(Cc3ccc(=O)[nH]c3)CC2)cc1. The maximum Gasteiger partial charge on any atom is 0.247 e. The van der Waals surface area contributed by atoms with Crippen LogP contribution in [0.1, 0.15) is 23.1 Å². The van der Waals surface area contributed by atoms with Gasteiger partial charge in [0.15, 0.2) is 0 Å². The molecular formula is C20H25N3O2. The molecule has 0 radical (unpaired) electrons. The van der Waals surface area contributed by atoms with E-state index in [1.165, 1.54) is 11.1 Å². The molecule has 2 aromatic rings. The second-order valence-electron chi connectivity index (χ2n) is 6.70. The van der Waals surface area contributed by atoms with Crippen LogP contribution in [0.5, 0.6) is 0 Å². The first-order valence-corrected chi connectivity index (χ1v) is 8.83. The minimum atomic E-state index is -0.0762. The van der Waals surface area contributed by atoms with Gasteiger partial charge in [0.25, 0.3) is 0 Å². The summed E-state index contributed by atoms with van der Waals surface area (Å²) in [4.78, 5) is 30.5. The zero-order valence-corrected chi connectivity index (χ0v) is 14.7. The number of hydrogen-bond acceptors (Lipinski definition) is 3. The molecule has 5 nitrogen and oxygen atoms in total. The van der Waals surface area contributed by atoms with E-state index < -0.39 is 0 Å². The molecule has 25 heavy (non-hydrogen) atoms. The van der Waals surface area contributed by atoms with Gasteiger partial charge in [-0.3, -0.25) is 14.5 Å². The Bertz CT molecular complexity index is 739. The summed E-state index contributed by atoms with van der Waals surface area (Å²) in [7, 11) is 0. The number of carbonyl (C=O) groups is 1. The van der Waals surface area contributed by atoms with E-state index in [1.807, 2.05) is 11.0 Å². The van der Waals surface area contributed by atoms with Crippen LogP contribution < -0.4 is 5.56 Å². The quantitative estimate of drug-likeness (QED) is 0.906. The van der Waals surface area contributed by atoms with Crippen LogP contribution in [0.25, 0.3) is 0 Å². The highest BCUT2D eigenvalue weighted by Crippen LogP contribution is 2.11. The van der Waals surface area contributed by atoms with Crippen LogP contribution in [-0.2, 0) is 17.8 Å². The van der Waals surface area contributed by atoms with Crippen molar-refractivity contribution < 1.29 is 4.79 Å². The molecule has 0 unspecified atom stereocenters. The lowest BCUT2D eigenvalue weighted by Gasteiger charge is -2.34. The van der Waals surface area contributed by atoms with E-state index in [4.69, 9.17) is 0 Å². The number of rotatable bonds is 5. The van der Waals surface area contributed by atoms with E-state index >= 15 is 0 Å². The third-order valence-corrected chi connectivity index (χ3v) is 4.73. The van der Waals surface area contributed by atoms with Gasteiger partial charge in [-0.25, -0.2) is 0 Å². The second-order valence-corrected chi connectivity index (χ2v) is 6.70. The average Bonchev–Trinajstić information content (AvgIpc) is 2.63. The number of hydrogen-bond donors (Lipinski definition) is 1. The van der Waals surface area contributed by atoms with Crippen LogP contribution in [0.2, 0.25) is 0 Å². The van der Waals surface area contributed by atoms with Gasteiger partial charge in [0.05, 0.1) is 0 Å². The molecule has 1 aromatic heterocycles. The fourth-order valence-corrected chi connectivity index (χ4v) is 3.12. The molecule has 1 amide bonds. The average molecular weight is 339 g/mol. The molecule has 1 aliphatic rings. The van der Waals surface area contributed by atoms with Crippen LogP contribution in [0.4, 0.5) is 0 Å². The molecule has 1 aliphatic heterocycles. The predicted molar refractivity (Wildman–Crippen MR) is 98.4 cm³/mol. The molecule has 5 heteroatoms. The summed E-state index contributed by atoms with van der Waals surface area (Å²) in [6.45, 7) is 6.17. The fourth-order valence-electron chi connectivity index (χ4n) is 3.12. The van der Waals surface area contributed by atoms with E-state index in [1.54, 1.807) is 12.3 Å². The van der Waals surface area contributed by atoms with Crippen LogP contribution in [0.15, 0.2) is 47.4 Å². The Morgan fingerprint density at radius 1 is 1.00 bits per heavy atom. The number of nitrogens with one attached hydrogen (secondary N) is 1. The number of benzene rings is 1. The van der Waals surface area contributed by atoms with Crippen molar-refractivity contribution >= 4 is 5.91 Å². The summed E-state index contributed by atoms with van der Waals surface area (Å²) in [6, 6.07) is 11.8. The molecule has 1 fully saturated rings. The van der Waals surface area contributed by atoms with Gasteiger partial charge >= 0.3 is 0 Å². The van der Waals surface area contributed by atoms with Crippen LogP contribution >= 0.6 is 0 Å². The van der Waals surface area contributed by atoms with Crippen LogP contribution in [0.3, 0.4) is 0 Å². The van der Waals surface area contributed by atoms with E-state index in [0.717, 1.165) is 44.7 Å². The highest BCUT2D eigenvalue weighted by molar-refractivity contribution is 5.76. The standard InChI is InChI=1S/C20H25N3O2/c1-16-2-4-17(5-3-16)7-9-20(25)23-12-10-22(11-13-23)15-18-6-8-19(24)21-14-18/h2-6,8,14H,7,9-13,15H2,1H3,(H,21,24). The monoisotopic (exact) mass is 339 g/mol. The molecule has 132 valence electrons. The van der Waals surface area contributed by atoms with Crippen molar-refractivity contribution in [2.24, 2.45) is 0 Å². The van der Waals surface area contributed by atoms with Gasteiger partial charge in [0.1, 0.15) is 0 Å². The van der Waals surface area contributed by atoms with Crippen molar-refractivity contribution in [2.45, 2.75) is 26.3 Å². The largest absolute Gasteiger partial charge is 0.340 e. The summed E-state index contributed by atoms with van der Waals surface area (Å²) in [5.41, 5.74) is 3.48. The molecule has 0 aliphatic carbocycles. The highest BCUT2D eigenvalue weighted by Gasteiger charge is 2.20. The van der Waals surface area contributed by atoms with Gasteiger partial charge in [0, 0.05) is 51.4 Å². The lowest BCUT2D eigenvalue weighted by Crippen LogP contribution is -2.48. The van der Waals surface area contributed by atoms with Gasteiger partial charge in [0.2, 0.25) is 11.5 Å². The fraction of sp³-hybridized carbons (Fsp3) is 0.400. The maximum absolute atomic E-state index is 12.4. The normalized spacial score (nSPS) is 15.3. The van der Waals surface area contributed by atoms with E-state index in [0.29, 0.717) is 6.42 Å². The predicted octanol–water partition coefficient (Wildman–Crippen LogP) is 1.96. The molecule has 0 bridgehead atoms. The molecule has 1 N–H and O–H groups in total. The maximum atomic E-state index is 12.4. The number of aryl methyl sites for hydroxylation is 2. The molecular weight excluding hydrogens is 314 g/mol. The van der Waals surface area contributed by atoms with Gasteiger partial charge in [-0.15, -0.1) is 0 Å². The molecule has 0 atom stereocenters. The molecule has 1 aromatic carbocycles. The van der Waals surface area contributed by atoms with Crippen molar-refractivity contribution in [1.29, 1.82) is 0 Å². The number of H-pyrrole nitrogens is 1. The highest BCUT2D eigenvalue weighted by atomic mass is 16.2. The van der Waals surface area contributed by atoms with Crippen molar-refractivity contribution in [3.8, 4) is 0 Å². The molecule has 2 heterocycles. The first kappa shape index (κ1) is 17.4. The van der Waals surface area contributed by atoms with Gasteiger partial charge < -0.3 is 9.88 Å².